The van der Waals surface area contributed by atoms with E-state index in [1.54, 1.807) is 0 Å². The van der Waals surface area contributed by atoms with Gasteiger partial charge in [0.05, 0.1) is 10.2 Å². The van der Waals surface area contributed by atoms with Crippen molar-refractivity contribution in [2.75, 3.05) is 18.0 Å². The van der Waals surface area contributed by atoms with Crippen LogP contribution in [0.5, 0.6) is 0 Å². The summed E-state index contributed by atoms with van der Waals surface area (Å²) in [6, 6.07) is 3.09. The molecule has 0 spiro atoms. The van der Waals surface area contributed by atoms with Gasteiger partial charge in [-0.05, 0) is 47.7 Å². The van der Waals surface area contributed by atoms with Crippen LogP contribution in [0.3, 0.4) is 0 Å². The molecule has 2 nitrogen and oxygen atoms in total. The monoisotopic (exact) mass is 330 g/mol. The minimum absolute atomic E-state index is 0.171. The van der Waals surface area contributed by atoms with E-state index < -0.39 is 5.82 Å². The number of hydrogen-bond acceptors (Lipinski definition) is 2. The minimum atomic E-state index is -0.412. The van der Waals surface area contributed by atoms with Crippen LogP contribution < -0.4 is 10.2 Å². The highest BCUT2D eigenvalue weighted by atomic mass is 79.9. The van der Waals surface area contributed by atoms with Gasteiger partial charge in [0.15, 0.2) is 0 Å². The van der Waals surface area contributed by atoms with Crippen molar-refractivity contribution < 1.29 is 8.78 Å². The second-order valence-corrected chi connectivity index (χ2v) is 6.43. The lowest BCUT2D eigenvalue weighted by Gasteiger charge is -2.40. The van der Waals surface area contributed by atoms with Gasteiger partial charge in [0, 0.05) is 31.2 Å². The van der Waals surface area contributed by atoms with Gasteiger partial charge in [-0.15, -0.1) is 0 Å². The summed E-state index contributed by atoms with van der Waals surface area (Å²) in [4.78, 5) is 1.99. The van der Waals surface area contributed by atoms with E-state index >= 15 is 0 Å². The summed E-state index contributed by atoms with van der Waals surface area (Å²) in [5.41, 5.74) is 0.375. The predicted molar refractivity (Wildman–Crippen MR) is 75.4 cm³/mol. The van der Waals surface area contributed by atoms with Gasteiger partial charge in [-0.2, -0.15) is 0 Å². The Kier molecular flexibility index (Phi) is 3.52. The molecule has 19 heavy (non-hydrogen) atoms. The molecule has 1 N–H and O–H groups in total. The number of rotatable bonds is 2. The molecule has 1 heterocycles. The maximum absolute atomic E-state index is 14.1. The zero-order valence-electron chi connectivity index (χ0n) is 10.8. The largest absolute Gasteiger partial charge is 0.364 e. The summed E-state index contributed by atoms with van der Waals surface area (Å²) < 4.78 is 27.9. The van der Waals surface area contributed by atoms with Gasteiger partial charge in [-0.25, -0.2) is 8.78 Å². The molecule has 5 heteroatoms. The second kappa shape index (κ2) is 5.02. The molecule has 3 rings (SSSR count). The molecule has 1 saturated carbocycles. The van der Waals surface area contributed by atoms with Crippen molar-refractivity contribution >= 4 is 21.6 Å². The first-order chi connectivity index (χ1) is 9.06. The molecule has 0 amide bonds. The highest BCUT2D eigenvalue weighted by Crippen LogP contribution is 2.36. The van der Waals surface area contributed by atoms with Gasteiger partial charge in [0.2, 0.25) is 0 Å². The number of anilines is 1. The Balaban J connectivity index is 1.88. The van der Waals surface area contributed by atoms with Crippen molar-refractivity contribution in [2.45, 2.75) is 31.8 Å². The quantitative estimate of drug-likeness (QED) is 0.837. The summed E-state index contributed by atoms with van der Waals surface area (Å²) in [6.07, 6.45) is 2.49. The maximum atomic E-state index is 14.1. The zero-order valence-corrected chi connectivity index (χ0v) is 12.4. The van der Waals surface area contributed by atoms with E-state index in [4.69, 9.17) is 0 Å². The number of halogens is 3. The number of piperazine rings is 1. The molecule has 0 bridgehead atoms. The molecule has 1 aliphatic heterocycles. The number of benzene rings is 1. The van der Waals surface area contributed by atoms with Gasteiger partial charge < -0.3 is 10.2 Å². The zero-order chi connectivity index (χ0) is 13.6. The summed E-state index contributed by atoms with van der Waals surface area (Å²) in [7, 11) is 0. The number of nitrogens with zero attached hydrogens (tertiary/aromatic N) is 1. The van der Waals surface area contributed by atoms with Gasteiger partial charge in [-0.3, -0.25) is 0 Å². The van der Waals surface area contributed by atoms with E-state index in [-0.39, 0.29) is 16.3 Å². The first-order valence-electron chi connectivity index (χ1n) is 6.71. The molecule has 1 aromatic rings. The Morgan fingerprint density at radius 2 is 2.00 bits per heavy atom. The fourth-order valence-electron chi connectivity index (χ4n) is 2.77. The molecule has 1 saturated heterocycles. The number of hydrogen-bond donors (Lipinski definition) is 1. The molecular weight excluding hydrogens is 314 g/mol. The molecule has 2 aliphatic rings. The van der Waals surface area contributed by atoms with Crippen molar-refractivity contribution in [1.29, 1.82) is 0 Å². The van der Waals surface area contributed by atoms with E-state index in [1.807, 2.05) is 11.8 Å². The van der Waals surface area contributed by atoms with Crippen LogP contribution in [0.2, 0.25) is 0 Å². The SMILES string of the molecule is CC1CNC(C2CC2)CN1c1cc(F)c(Br)cc1F. The normalized spacial score (nSPS) is 27.7. The number of nitrogens with one attached hydrogen (secondary N) is 1. The lowest BCUT2D eigenvalue weighted by molar-refractivity contribution is 0.372. The highest BCUT2D eigenvalue weighted by Gasteiger charge is 2.36. The smallest absolute Gasteiger partial charge is 0.147 e. The lowest BCUT2D eigenvalue weighted by Crippen LogP contribution is -2.56. The van der Waals surface area contributed by atoms with Crippen LogP contribution in [0.4, 0.5) is 14.5 Å². The fraction of sp³-hybridized carbons (Fsp3) is 0.571. The molecule has 0 radical (unpaired) electrons. The molecule has 0 aromatic heterocycles. The van der Waals surface area contributed by atoms with Crippen molar-refractivity contribution in [3.63, 3.8) is 0 Å². The van der Waals surface area contributed by atoms with Crippen LogP contribution in [0.1, 0.15) is 19.8 Å². The lowest BCUT2D eigenvalue weighted by atomic mass is 10.0. The van der Waals surface area contributed by atoms with Gasteiger partial charge in [-0.1, -0.05) is 0 Å². The Morgan fingerprint density at radius 3 is 2.68 bits per heavy atom. The van der Waals surface area contributed by atoms with E-state index in [0.717, 1.165) is 13.1 Å². The van der Waals surface area contributed by atoms with Crippen LogP contribution in [0.15, 0.2) is 16.6 Å². The van der Waals surface area contributed by atoms with Crippen LogP contribution in [0.25, 0.3) is 0 Å². The van der Waals surface area contributed by atoms with E-state index in [1.165, 1.54) is 25.0 Å². The molecule has 2 unspecified atom stereocenters. The van der Waals surface area contributed by atoms with Crippen LogP contribution in [-0.4, -0.2) is 25.2 Å². The van der Waals surface area contributed by atoms with Crippen LogP contribution >= 0.6 is 15.9 Å². The third-order valence-corrected chi connectivity index (χ3v) is 4.70. The Hall–Kier alpha value is -0.680. The predicted octanol–water partition coefficient (Wildman–Crippen LogP) is 3.30. The standard InChI is InChI=1S/C14H17BrF2N2/c1-8-6-18-13(9-2-3-9)7-19(8)14-5-11(16)10(15)4-12(14)17/h4-5,8-9,13,18H,2-3,6-7H2,1H3. The van der Waals surface area contributed by atoms with Crippen molar-refractivity contribution in [1.82, 2.24) is 5.32 Å². The van der Waals surface area contributed by atoms with E-state index in [0.29, 0.717) is 17.6 Å². The molecule has 1 aromatic carbocycles. The summed E-state index contributed by atoms with van der Waals surface area (Å²) in [5, 5.41) is 3.51. The van der Waals surface area contributed by atoms with Gasteiger partial charge >= 0.3 is 0 Å². The Morgan fingerprint density at radius 1 is 1.26 bits per heavy atom. The van der Waals surface area contributed by atoms with Crippen molar-refractivity contribution in [2.24, 2.45) is 5.92 Å². The van der Waals surface area contributed by atoms with Crippen molar-refractivity contribution in [3.05, 3.63) is 28.2 Å². The maximum Gasteiger partial charge on any atom is 0.147 e. The minimum Gasteiger partial charge on any atom is -0.364 e. The van der Waals surface area contributed by atoms with Gasteiger partial charge in [0.1, 0.15) is 11.6 Å². The highest BCUT2D eigenvalue weighted by molar-refractivity contribution is 9.10. The average molecular weight is 331 g/mol. The first-order valence-corrected chi connectivity index (χ1v) is 7.50. The molecule has 2 fully saturated rings. The Bertz CT molecular complexity index is 491. The molecule has 2 atom stereocenters. The summed E-state index contributed by atoms with van der Waals surface area (Å²) in [6.45, 7) is 3.61. The van der Waals surface area contributed by atoms with E-state index in [2.05, 4.69) is 21.2 Å². The Labute approximate surface area is 120 Å². The van der Waals surface area contributed by atoms with Crippen LogP contribution in [-0.2, 0) is 0 Å². The average Bonchev–Trinajstić information content (AvgIpc) is 3.19. The second-order valence-electron chi connectivity index (χ2n) is 5.57. The van der Waals surface area contributed by atoms with Crippen LogP contribution in [0, 0.1) is 17.6 Å². The molecule has 1 aliphatic carbocycles. The fourth-order valence-corrected chi connectivity index (χ4v) is 3.09. The summed E-state index contributed by atoms with van der Waals surface area (Å²) in [5.74, 6) is -0.0694. The third kappa shape index (κ3) is 2.63. The third-order valence-electron chi connectivity index (χ3n) is 4.09. The van der Waals surface area contributed by atoms with Gasteiger partial charge in [0.25, 0.3) is 0 Å². The van der Waals surface area contributed by atoms with E-state index in [9.17, 15) is 8.78 Å². The summed E-state index contributed by atoms with van der Waals surface area (Å²) >= 11 is 3.02. The molecular formula is C14H17BrF2N2. The first kappa shape index (κ1) is 13.3. The molecule has 104 valence electrons. The topological polar surface area (TPSA) is 15.3 Å². The van der Waals surface area contributed by atoms with Crippen molar-refractivity contribution in [3.8, 4) is 0 Å².